The van der Waals surface area contributed by atoms with Crippen molar-refractivity contribution in [2.75, 3.05) is 18.4 Å². The molecule has 1 saturated heterocycles. The predicted molar refractivity (Wildman–Crippen MR) is 208 cm³/mol. The van der Waals surface area contributed by atoms with Crippen molar-refractivity contribution in [2.24, 2.45) is 17.8 Å². The monoisotopic (exact) mass is 692 g/mol. The van der Waals surface area contributed by atoms with Gasteiger partial charge in [-0.2, -0.15) is 0 Å². The molecule has 2 aromatic heterocycles. The third-order valence-corrected chi connectivity index (χ3v) is 11.5. The van der Waals surface area contributed by atoms with E-state index in [1.807, 2.05) is 18.5 Å². The van der Waals surface area contributed by atoms with Crippen LogP contribution in [0.25, 0.3) is 16.7 Å². The molecule has 51 heavy (non-hydrogen) atoms. The fourth-order valence-corrected chi connectivity index (χ4v) is 8.31. The lowest BCUT2D eigenvalue weighted by atomic mass is 9.64. The summed E-state index contributed by atoms with van der Waals surface area (Å²) in [7, 11) is 0. The van der Waals surface area contributed by atoms with Gasteiger partial charge in [0.15, 0.2) is 5.78 Å². The first-order valence-corrected chi connectivity index (χ1v) is 19.7. The Kier molecular flexibility index (Phi) is 13.7. The van der Waals surface area contributed by atoms with E-state index in [4.69, 9.17) is 0 Å². The maximum atomic E-state index is 14.4. The van der Waals surface area contributed by atoms with Crippen molar-refractivity contribution >= 4 is 23.0 Å². The Balaban J connectivity index is 1.39. The predicted octanol–water partition coefficient (Wildman–Crippen LogP) is 9.86. The van der Waals surface area contributed by atoms with Gasteiger partial charge >= 0.3 is 0 Å². The van der Waals surface area contributed by atoms with Crippen molar-refractivity contribution in [3.8, 4) is 11.1 Å². The second kappa shape index (κ2) is 18.2. The van der Waals surface area contributed by atoms with Crippen LogP contribution in [0.4, 0.5) is 5.69 Å². The molecule has 2 fully saturated rings. The number of likely N-dealkylation sites (tertiary alicyclic amines) is 1. The number of nitrogens with zero attached hydrogens (tertiary/aromatic N) is 3. The Hall–Kier alpha value is -3.68. The number of anilines is 1. The number of Topliss-reactive ketones (excluding diaryl/α,β-unsaturated/α-hetero) is 1. The molecule has 0 bridgehead atoms. The second-order valence-electron chi connectivity index (χ2n) is 15.2. The summed E-state index contributed by atoms with van der Waals surface area (Å²) >= 11 is 0. The van der Waals surface area contributed by atoms with E-state index in [9.17, 15) is 14.7 Å². The van der Waals surface area contributed by atoms with Crippen LogP contribution in [0.5, 0.6) is 0 Å². The Morgan fingerprint density at radius 3 is 2.29 bits per heavy atom. The summed E-state index contributed by atoms with van der Waals surface area (Å²) in [6.07, 6.45) is 14.7. The molecular weight excluding hydrogens is 633 g/mol. The van der Waals surface area contributed by atoms with Gasteiger partial charge in [0.05, 0.1) is 18.0 Å². The first kappa shape index (κ1) is 38.5. The number of pyridine rings is 2. The minimum atomic E-state index is -0.197. The SMILES string of the molecule is CCCC(CC)=C(C(=O)Nc1ccc(C(=O)CC2CCC2C(CC)CC)nc1)c1cc(-c2cncc(CN3CCC(O)CC3)c2)ccc1C(C)C. The number of carbonyl (C=O) groups excluding carboxylic acids is 2. The molecule has 2 atom stereocenters. The first-order valence-electron chi connectivity index (χ1n) is 19.7. The second-order valence-corrected chi connectivity index (χ2v) is 15.2. The van der Waals surface area contributed by atoms with E-state index in [0.29, 0.717) is 35.6 Å². The Labute approximate surface area is 306 Å². The van der Waals surface area contributed by atoms with Crippen LogP contribution in [0.1, 0.15) is 139 Å². The van der Waals surface area contributed by atoms with Crippen molar-refractivity contribution < 1.29 is 14.7 Å². The van der Waals surface area contributed by atoms with Gasteiger partial charge in [-0.25, -0.2) is 0 Å². The Morgan fingerprint density at radius 1 is 0.922 bits per heavy atom. The quantitative estimate of drug-likeness (QED) is 0.115. The van der Waals surface area contributed by atoms with Crippen LogP contribution >= 0.6 is 0 Å². The summed E-state index contributed by atoms with van der Waals surface area (Å²) in [6, 6.07) is 12.3. The molecule has 1 saturated carbocycles. The molecule has 0 radical (unpaired) electrons. The molecular formula is C44H60N4O3. The zero-order valence-corrected chi connectivity index (χ0v) is 31.9. The molecule has 7 heteroatoms. The Morgan fingerprint density at radius 2 is 1.69 bits per heavy atom. The highest BCUT2D eigenvalue weighted by Gasteiger charge is 2.36. The number of aliphatic hydroxyl groups excluding tert-OH is 1. The third-order valence-electron chi connectivity index (χ3n) is 11.5. The van der Waals surface area contributed by atoms with E-state index in [0.717, 1.165) is 97.1 Å². The minimum Gasteiger partial charge on any atom is -0.393 e. The van der Waals surface area contributed by atoms with Crippen molar-refractivity contribution in [1.82, 2.24) is 14.9 Å². The van der Waals surface area contributed by atoms with Gasteiger partial charge in [-0.3, -0.25) is 24.5 Å². The number of piperidine rings is 1. The van der Waals surface area contributed by atoms with Crippen molar-refractivity contribution in [2.45, 2.75) is 124 Å². The fourth-order valence-electron chi connectivity index (χ4n) is 8.31. The normalized spacial score (nSPS) is 18.8. The molecule has 2 N–H and O–H groups in total. The molecule has 1 aliphatic carbocycles. The number of carbonyl (C=O) groups is 2. The summed E-state index contributed by atoms with van der Waals surface area (Å²) in [5.41, 5.74) is 8.17. The summed E-state index contributed by atoms with van der Waals surface area (Å²) in [6.45, 7) is 15.7. The van der Waals surface area contributed by atoms with Gasteiger partial charge in [-0.1, -0.05) is 78.5 Å². The van der Waals surface area contributed by atoms with E-state index < -0.39 is 0 Å². The maximum absolute atomic E-state index is 14.4. The zero-order valence-electron chi connectivity index (χ0n) is 31.9. The van der Waals surface area contributed by atoms with Crippen LogP contribution < -0.4 is 5.32 Å². The average Bonchev–Trinajstić information content (AvgIpc) is 3.13. The number of allylic oxidation sites excluding steroid dienone is 1. The number of amides is 1. The molecule has 3 heterocycles. The topological polar surface area (TPSA) is 95.4 Å². The van der Waals surface area contributed by atoms with Crippen LogP contribution in [-0.4, -0.2) is 50.9 Å². The highest BCUT2D eigenvalue weighted by atomic mass is 16.3. The zero-order chi connectivity index (χ0) is 36.5. The molecule has 0 spiro atoms. The molecule has 1 aromatic carbocycles. The molecule has 2 unspecified atom stereocenters. The van der Waals surface area contributed by atoms with Gasteiger partial charge in [0.1, 0.15) is 5.69 Å². The Bertz CT molecular complexity index is 1650. The molecule has 5 rings (SSSR count). The molecule has 2 aliphatic rings. The summed E-state index contributed by atoms with van der Waals surface area (Å²) in [4.78, 5) is 39.1. The number of hydrogen-bond donors (Lipinski definition) is 2. The number of ketones is 1. The number of aromatic nitrogens is 2. The molecule has 7 nitrogen and oxygen atoms in total. The number of rotatable bonds is 16. The fraction of sp³-hybridized carbons (Fsp3) is 0.545. The van der Waals surface area contributed by atoms with Gasteiger partial charge < -0.3 is 10.4 Å². The van der Waals surface area contributed by atoms with Gasteiger partial charge in [0.2, 0.25) is 0 Å². The maximum Gasteiger partial charge on any atom is 0.256 e. The van der Waals surface area contributed by atoms with Gasteiger partial charge in [0, 0.05) is 49.6 Å². The van der Waals surface area contributed by atoms with Gasteiger partial charge in [0.25, 0.3) is 5.91 Å². The van der Waals surface area contributed by atoms with Crippen LogP contribution in [-0.2, 0) is 11.3 Å². The highest BCUT2D eigenvalue weighted by molar-refractivity contribution is 6.26. The molecule has 274 valence electrons. The van der Waals surface area contributed by atoms with Crippen molar-refractivity contribution in [3.05, 3.63) is 82.9 Å². The average molecular weight is 693 g/mol. The number of benzene rings is 1. The lowest BCUT2D eigenvalue weighted by Gasteiger charge is -2.41. The van der Waals surface area contributed by atoms with E-state index >= 15 is 0 Å². The molecule has 1 amide bonds. The summed E-state index contributed by atoms with van der Waals surface area (Å²) in [5.74, 6) is 1.95. The highest BCUT2D eigenvalue weighted by Crippen LogP contribution is 2.44. The smallest absolute Gasteiger partial charge is 0.256 e. The minimum absolute atomic E-state index is 0.0945. The van der Waals surface area contributed by atoms with Crippen LogP contribution in [0.15, 0.2) is 60.6 Å². The van der Waals surface area contributed by atoms with Crippen LogP contribution in [0.2, 0.25) is 0 Å². The van der Waals surface area contributed by atoms with E-state index in [2.05, 4.69) is 86.0 Å². The summed E-state index contributed by atoms with van der Waals surface area (Å²) in [5, 5.41) is 13.1. The third kappa shape index (κ3) is 9.61. The van der Waals surface area contributed by atoms with Crippen LogP contribution in [0.3, 0.4) is 0 Å². The first-order chi connectivity index (χ1) is 24.6. The van der Waals surface area contributed by atoms with Gasteiger partial charge in [-0.05, 0) is 109 Å². The largest absolute Gasteiger partial charge is 0.393 e. The van der Waals surface area contributed by atoms with E-state index in [1.54, 1.807) is 12.3 Å². The molecule has 3 aromatic rings. The number of aliphatic hydroxyl groups is 1. The summed E-state index contributed by atoms with van der Waals surface area (Å²) < 4.78 is 0. The lowest BCUT2D eigenvalue weighted by Crippen LogP contribution is -2.35. The van der Waals surface area contributed by atoms with Crippen molar-refractivity contribution in [3.63, 3.8) is 0 Å². The van der Waals surface area contributed by atoms with E-state index in [1.165, 1.54) is 19.3 Å². The number of nitrogens with one attached hydrogen (secondary N) is 1. The molecule has 1 aliphatic heterocycles. The number of hydrogen-bond acceptors (Lipinski definition) is 6. The lowest BCUT2D eigenvalue weighted by molar-refractivity contribution is -0.111. The van der Waals surface area contributed by atoms with Crippen LogP contribution in [0, 0.1) is 17.8 Å². The standard InChI is InChI=1S/C44H60N4O3/c1-7-11-32(10-4)43(44(51)47-36-14-17-41(46-27-36)42(50)24-34-13-16-39(34)31(8-2)9-3)40-23-33(12-15-38(40)29(5)6)35-22-30(25-45-26-35)28-48-20-18-37(49)19-21-48/h12,14-15,17,22-23,25-27,29,31,34,37,39,49H,7-11,13,16,18-21,24,28H2,1-6H3,(H,47,51). The van der Waals surface area contributed by atoms with E-state index in [-0.39, 0.29) is 23.7 Å². The van der Waals surface area contributed by atoms with Crippen molar-refractivity contribution in [1.29, 1.82) is 0 Å². The van der Waals surface area contributed by atoms with Gasteiger partial charge in [-0.15, -0.1) is 0 Å².